The lowest BCUT2D eigenvalue weighted by Crippen LogP contribution is -2.33. The molecule has 2 N–H and O–H groups in total. The van der Waals surface area contributed by atoms with Crippen molar-refractivity contribution in [1.82, 2.24) is 4.90 Å². The molecule has 2 rings (SSSR count). The molecule has 0 atom stereocenters. The summed E-state index contributed by atoms with van der Waals surface area (Å²) < 4.78 is 5.18. The van der Waals surface area contributed by atoms with Crippen LogP contribution in [-0.4, -0.2) is 45.9 Å². The van der Waals surface area contributed by atoms with Gasteiger partial charge in [-0.3, -0.25) is 19.3 Å². The fraction of sp³-hybridized carbons (Fsp3) is 0.214. The summed E-state index contributed by atoms with van der Waals surface area (Å²) in [5.74, 6) is -1.46. The van der Waals surface area contributed by atoms with Crippen LogP contribution in [0.4, 0.5) is 4.79 Å². The molecule has 1 aromatic rings. The maximum absolute atomic E-state index is 12.1. The summed E-state index contributed by atoms with van der Waals surface area (Å²) in [6.45, 7) is -0.811. The molecule has 1 aliphatic rings. The lowest BCUT2D eigenvalue weighted by Gasteiger charge is -2.08. The Labute approximate surface area is 130 Å². The van der Waals surface area contributed by atoms with Gasteiger partial charge in [0.1, 0.15) is 12.3 Å². The second-order valence-electron chi connectivity index (χ2n) is 4.40. The predicted octanol–water partition coefficient (Wildman–Crippen LogP) is 1.31. The van der Waals surface area contributed by atoms with E-state index in [-0.39, 0.29) is 11.5 Å². The summed E-state index contributed by atoms with van der Waals surface area (Å²) in [6, 6.07) is 4.93. The first-order valence-electron chi connectivity index (χ1n) is 6.21. The van der Waals surface area contributed by atoms with Crippen molar-refractivity contribution in [3.63, 3.8) is 0 Å². The number of methoxy groups -OCH3 is 1. The zero-order valence-electron chi connectivity index (χ0n) is 11.6. The molecule has 1 aliphatic heterocycles. The van der Waals surface area contributed by atoms with E-state index >= 15 is 0 Å². The van der Waals surface area contributed by atoms with E-state index in [1.165, 1.54) is 13.2 Å². The van der Waals surface area contributed by atoms with Crippen LogP contribution in [0.3, 0.4) is 0 Å². The Morgan fingerprint density at radius 2 is 2.14 bits per heavy atom. The number of benzene rings is 1. The van der Waals surface area contributed by atoms with Crippen molar-refractivity contribution in [1.29, 1.82) is 0 Å². The second kappa shape index (κ2) is 6.63. The van der Waals surface area contributed by atoms with Gasteiger partial charge in [-0.25, -0.2) is 0 Å². The normalized spacial score (nSPS) is 16.5. The summed E-state index contributed by atoms with van der Waals surface area (Å²) in [7, 11) is 1.45. The van der Waals surface area contributed by atoms with Gasteiger partial charge in [0.2, 0.25) is 0 Å². The SMILES string of the molecule is COc1cc(CO)ccc1/C=C1\SC(=O)N(CC(=O)O)C1=O. The minimum atomic E-state index is -1.26. The molecular formula is C14H13NO6S. The Kier molecular flexibility index (Phi) is 4.84. The number of nitrogens with zero attached hydrogens (tertiary/aromatic N) is 1. The number of aliphatic hydroxyl groups is 1. The second-order valence-corrected chi connectivity index (χ2v) is 5.39. The highest BCUT2D eigenvalue weighted by Gasteiger charge is 2.36. The van der Waals surface area contributed by atoms with Crippen LogP contribution in [0.2, 0.25) is 0 Å². The number of amides is 2. The summed E-state index contributed by atoms with van der Waals surface area (Å²) in [4.78, 5) is 35.2. The molecule has 0 saturated carbocycles. The van der Waals surface area contributed by atoms with Crippen LogP contribution in [0.5, 0.6) is 5.75 Å². The van der Waals surface area contributed by atoms with Gasteiger partial charge in [-0.2, -0.15) is 0 Å². The van der Waals surface area contributed by atoms with E-state index in [1.807, 2.05) is 0 Å². The third-order valence-electron chi connectivity index (χ3n) is 2.93. The molecule has 0 aliphatic carbocycles. The lowest BCUT2D eigenvalue weighted by atomic mass is 10.1. The van der Waals surface area contributed by atoms with E-state index in [9.17, 15) is 14.4 Å². The Hall–Kier alpha value is -2.32. The molecule has 22 heavy (non-hydrogen) atoms. The van der Waals surface area contributed by atoms with Crippen molar-refractivity contribution in [2.24, 2.45) is 0 Å². The monoisotopic (exact) mass is 323 g/mol. The smallest absolute Gasteiger partial charge is 0.323 e. The Morgan fingerprint density at radius 3 is 2.73 bits per heavy atom. The molecule has 1 aromatic carbocycles. The van der Waals surface area contributed by atoms with Crippen LogP contribution in [0.1, 0.15) is 11.1 Å². The molecule has 0 spiro atoms. The standard InChI is InChI=1S/C14H13NO6S/c1-21-10-4-8(7-16)2-3-9(10)5-11-13(19)15(6-12(17)18)14(20)22-11/h2-5,16H,6-7H2,1H3,(H,17,18)/b11-5-. The molecule has 116 valence electrons. The van der Waals surface area contributed by atoms with Gasteiger partial charge < -0.3 is 14.9 Å². The number of aliphatic carboxylic acids is 1. The Bertz CT molecular complexity index is 669. The van der Waals surface area contributed by atoms with Crippen molar-refractivity contribution < 1.29 is 29.3 Å². The number of thioether (sulfide) groups is 1. The Morgan fingerprint density at radius 1 is 1.41 bits per heavy atom. The molecule has 0 radical (unpaired) electrons. The van der Waals surface area contributed by atoms with Crippen molar-refractivity contribution in [3.05, 3.63) is 34.2 Å². The molecular weight excluding hydrogens is 310 g/mol. The summed E-state index contributed by atoms with van der Waals surface area (Å²) in [6.07, 6.45) is 1.47. The number of rotatable bonds is 5. The minimum Gasteiger partial charge on any atom is -0.496 e. The van der Waals surface area contributed by atoms with Crippen LogP contribution in [0.15, 0.2) is 23.1 Å². The number of carbonyl (C=O) groups excluding carboxylic acids is 2. The number of carboxylic acids is 1. The van der Waals surface area contributed by atoms with E-state index < -0.39 is 23.7 Å². The molecule has 1 saturated heterocycles. The molecule has 2 amide bonds. The van der Waals surface area contributed by atoms with Gasteiger partial charge in [0.15, 0.2) is 0 Å². The van der Waals surface area contributed by atoms with Gasteiger partial charge in [-0.15, -0.1) is 0 Å². The van der Waals surface area contributed by atoms with Crippen LogP contribution >= 0.6 is 11.8 Å². The topological polar surface area (TPSA) is 104 Å². The number of carboxylic acid groups (broad SMARTS) is 1. The Balaban J connectivity index is 2.32. The number of aliphatic hydroxyl groups excluding tert-OH is 1. The first-order chi connectivity index (χ1) is 10.5. The quantitative estimate of drug-likeness (QED) is 0.787. The van der Waals surface area contributed by atoms with Crippen molar-refractivity contribution in [2.45, 2.75) is 6.61 Å². The van der Waals surface area contributed by atoms with Gasteiger partial charge >= 0.3 is 5.97 Å². The van der Waals surface area contributed by atoms with Gasteiger partial charge in [0.05, 0.1) is 18.6 Å². The fourth-order valence-corrected chi connectivity index (χ4v) is 2.72. The minimum absolute atomic E-state index is 0.126. The van der Waals surface area contributed by atoms with E-state index in [2.05, 4.69) is 0 Å². The highest BCUT2D eigenvalue weighted by Crippen LogP contribution is 2.34. The van der Waals surface area contributed by atoms with Gasteiger partial charge in [0, 0.05) is 5.56 Å². The fourth-order valence-electron chi connectivity index (χ4n) is 1.89. The molecule has 0 bridgehead atoms. The number of hydrogen-bond acceptors (Lipinski definition) is 6. The number of carbonyl (C=O) groups is 3. The summed E-state index contributed by atoms with van der Waals surface area (Å²) in [5, 5.41) is 17.2. The van der Waals surface area contributed by atoms with Gasteiger partial charge in [0.25, 0.3) is 11.1 Å². The highest BCUT2D eigenvalue weighted by atomic mass is 32.2. The molecule has 1 heterocycles. The van der Waals surface area contributed by atoms with Crippen LogP contribution in [-0.2, 0) is 16.2 Å². The van der Waals surface area contributed by atoms with Crippen LogP contribution in [0, 0.1) is 0 Å². The molecule has 7 nitrogen and oxygen atoms in total. The largest absolute Gasteiger partial charge is 0.496 e. The summed E-state index contributed by atoms with van der Waals surface area (Å²) in [5.41, 5.74) is 1.20. The zero-order valence-corrected chi connectivity index (χ0v) is 12.4. The maximum Gasteiger partial charge on any atom is 0.323 e. The lowest BCUT2D eigenvalue weighted by molar-refractivity contribution is -0.140. The average Bonchev–Trinajstić information content (AvgIpc) is 2.75. The third-order valence-corrected chi connectivity index (χ3v) is 3.84. The highest BCUT2D eigenvalue weighted by molar-refractivity contribution is 8.18. The molecule has 0 unspecified atom stereocenters. The first kappa shape index (κ1) is 16.1. The molecule has 8 heteroatoms. The predicted molar refractivity (Wildman–Crippen MR) is 79.2 cm³/mol. The van der Waals surface area contributed by atoms with Crippen molar-refractivity contribution in [2.75, 3.05) is 13.7 Å². The van der Waals surface area contributed by atoms with Crippen molar-refractivity contribution >= 4 is 35.0 Å². The van der Waals surface area contributed by atoms with E-state index in [0.29, 0.717) is 33.5 Å². The van der Waals surface area contributed by atoms with Crippen molar-refractivity contribution in [3.8, 4) is 5.75 Å². The van der Waals surface area contributed by atoms with Gasteiger partial charge in [-0.1, -0.05) is 12.1 Å². The molecule has 0 aromatic heterocycles. The average molecular weight is 323 g/mol. The number of ether oxygens (including phenoxy) is 1. The van der Waals surface area contributed by atoms with Crippen LogP contribution < -0.4 is 4.74 Å². The van der Waals surface area contributed by atoms with E-state index in [0.717, 1.165) is 0 Å². The summed E-state index contributed by atoms with van der Waals surface area (Å²) >= 11 is 0.678. The van der Waals surface area contributed by atoms with E-state index in [1.54, 1.807) is 18.2 Å². The molecule has 1 fully saturated rings. The van der Waals surface area contributed by atoms with Gasteiger partial charge in [-0.05, 0) is 29.5 Å². The third kappa shape index (κ3) is 3.29. The maximum atomic E-state index is 12.1. The number of hydrogen-bond donors (Lipinski definition) is 2. The zero-order chi connectivity index (χ0) is 16.3. The van der Waals surface area contributed by atoms with E-state index in [4.69, 9.17) is 14.9 Å². The first-order valence-corrected chi connectivity index (χ1v) is 7.03. The number of imide groups is 1. The van der Waals surface area contributed by atoms with Crippen LogP contribution in [0.25, 0.3) is 6.08 Å².